The van der Waals surface area contributed by atoms with Gasteiger partial charge in [-0.15, -0.1) is 4.40 Å². The number of fused-ring (bicyclic) bond motifs is 1. The third kappa shape index (κ3) is 1.61. The second-order valence-electron chi connectivity index (χ2n) is 4.39. The van der Waals surface area contributed by atoms with Crippen LogP contribution in [0.1, 0.15) is 5.56 Å². The lowest BCUT2D eigenvalue weighted by molar-refractivity contribution is 0.00701. The molecule has 0 spiro atoms. The van der Waals surface area contributed by atoms with Crippen molar-refractivity contribution in [1.82, 2.24) is 4.90 Å². The van der Waals surface area contributed by atoms with Crippen LogP contribution < -0.4 is 0 Å². The van der Waals surface area contributed by atoms with Gasteiger partial charge in [-0.1, -0.05) is 12.1 Å². The first-order chi connectivity index (χ1) is 8.49. The molecule has 2 aliphatic rings. The van der Waals surface area contributed by atoms with Crippen LogP contribution in [0.5, 0.6) is 0 Å². The van der Waals surface area contributed by atoms with Gasteiger partial charge in [-0.25, -0.2) is 8.78 Å². The molecule has 0 bridgehead atoms. The summed E-state index contributed by atoms with van der Waals surface area (Å²) in [6.45, 7) is 0.306. The van der Waals surface area contributed by atoms with E-state index >= 15 is 0 Å². The summed E-state index contributed by atoms with van der Waals surface area (Å²) in [6.07, 6.45) is -2.37. The number of sulfonamides is 1. The second-order valence-corrected chi connectivity index (χ2v) is 5.96. The van der Waals surface area contributed by atoms with Gasteiger partial charge < -0.3 is 4.90 Å². The molecule has 0 radical (unpaired) electrons. The second kappa shape index (κ2) is 3.74. The van der Waals surface area contributed by atoms with E-state index in [1.807, 2.05) is 0 Å². The van der Waals surface area contributed by atoms with Crippen LogP contribution in [0.4, 0.5) is 8.78 Å². The Labute approximate surface area is 103 Å². The molecule has 0 saturated carbocycles. The molecular formula is C11H10F2N2O2S. The Bertz CT molecular complexity index is 622. The number of halogens is 2. The number of amidine groups is 1. The van der Waals surface area contributed by atoms with E-state index in [-0.39, 0.29) is 18.0 Å². The van der Waals surface area contributed by atoms with Gasteiger partial charge >= 0.3 is 0 Å². The van der Waals surface area contributed by atoms with Crippen molar-refractivity contribution in [2.24, 2.45) is 10.3 Å². The number of hydrogen-bond donors (Lipinski definition) is 0. The van der Waals surface area contributed by atoms with Gasteiger partial charge in [0.1, 0.15) is 4.90 Å². The van der Waals surface area contributed by atoms with Crippen LogP contribution in [0.3, 0.4) is 0 Å². The van der Waals surface area contributed by atoms with Crippen LogP contribution in [0.25, 0.3) is 0 Å². The van der Waals surface area contributed by atoms with Gasteiger partial charge in [0.15, 0.2) is 5.84 Å². The largest absolute Gasteiger partial charge is 0.354 e. The number of benzene rings is 1. The van der Waals surface area contributed by atoms with Gasteiger partial charge in [0.25, 0.3) is 10.0 Å². The van der Waals surface area contributed by atoms with E-state index in [0.717, 1.165) is 0 Å². The van der Waals surface area contributed by atoms with E-state index in [1.54, 1.807) is 23.1 Å². The quantitative estimate of drug-likeness (QED) is 0.775. The third-order valence-electron chi connectivity index (χ3n) is 3.18. The summed E-state index contributed by atoms with van der Waals surface area (Å²) < 4.78 is 52.0. The first kappa shape index (κ1) is 11.6. The van der Waals surface area contributed by atoms with Crippen molar-refractivity contribution >= 4 is 15.9 Å². The minimum absolute atomic E-state index is 0.153. The zero-order valence-corrected chi connectivity index (χ0v) is 10.1. The van der Waals surface area contributed by atoms with Crippen molar-refractivity contribution < 1.29 is 17.2 Å². The lowest BCUT2D eigenvalue weighted by Crippen LogP contribution is -2.52. The Kier molecular flexibility index (Phi) is 2.41. The maximum absolute atomic E-state index is 12.4. The van der Waals surface area contributed by atoms with Crippen LogP contribution in [-0.4, -0.2) is 38.7 Å². The van der Waals surface area contributed by atoms with Crippen molar-refractivity contribution in [2.45, 2.75) is 11.3 Å². The highest BCUT2D eigenvalue weighted by molar-refractivity contribution is 7.90. The van der Waals surface area contributed by atoms with Crippen molar-refractivity contribution in [3.05, 3.63) is 29.8 Å². The van der Waals surface area contributed by atoms with Crippen LogP contribution in [0.2, 0.25) is 0 Å². The molecule has 0 atom stereocenters. The fraction of sp³-hybridized carbons (Fsp3) is 0.364. The highest BCUT2D eigenvalue weighted by atomic mass is 32.2. The molecule has 2 aliphatic heterocycles. The van der Waals surface area contributed by atoms with Gasteiger partial charge in [-0.3, -0.25) is 0 Å². The Hall–Kier alpha value is -1.50. The monoisotopic (exact) mass is 272 g/mol. The first-order valence-electron chi connectivity index (χ1n) is 5.46. The van der Waals surface area contributed by atoms with Crippen LogP contribution in [0.15, 0.2) is 33.6 Å². The molecule has 18 heavy (non-hydrogen) atoms. The number of likely N-dealkylation sites (tertiary alicyclic amines) is 1. The molecule has 3 rings (SSSR count). The molecule has 96 valence electrons. The van der Waals surface area contributed by atoms with E-state index < -0.39 is 22.4 Å². The van der Waals surface area contributed by atoms with Crippen molar-refractivity contribution in [1.29, 1.82) is 0 Å². The van der Waals surface area contributed by atoms with E-state index in [1.165, 1.54) is 6.07 Å². The lowest BCUT2D eigenvalue weighted by atomic mass is 9.99. The average molecular weight is 272 g/mol. The highest BCUT2D eigenvalue weighted by Gasteiger charge is 2.40. The summed E-state index contributed by atoms with van der Waals surface area (Å²) in [5, 5.41) is 0. The zero-order chi connectivity index (χ0) is 12.9. The summed E-state index contributed by atoms with van der Waals surface area (Å²) in [6, 6.07) is 6.45. The molecule has 0 amide bonds. The maximum Gasteiger partial charge on any atom is 0.285 e. The molecule has 1 aromatic rings. The number of nitrogens with zero attached hydrogens (tertiary/aromatic N) is 2. The number of hydrogen-bond acceptors (Lipinski definition) is 3. The molecule has 4 nitrogen and oxygen atoms in total. The molecule has 1 saturated heterocycles. The van der Waals surface area contributed by atoms with Crippen molar-refractivity contribution in [3.63, 3.8) is 0 Å². The Balaban J connectivity index is 1.92. The van der Waals surface area contributed by atoms with E-state index in [4.69, 9.17) is 0 Å². The maximum atomic E-state index is 12.4. The minimum atomic E-state index is -3.65. The van der Waals surface area contributed by atoms with Gasteiger partial charge in [-0.05, 0) is 12.1 Å². The van der Waals surface area contributed by atoms with E-state index in [2.05, 4.69) is 4.40 Å². The molecule has 2 heterocycles. The highest BCUT2D eigenvalue weighted by Crippen LogP contribution is 2.32. The summed E-state index contributed by atoms with van der Waals surface area (Å²) in [4.78, 5) is 1.74. The van der Waals surface area contributed by atoms with Gasteiger partial charge in [0.2, 0.25) is 6.43 Å². The Morgan fingerprint density at radius 2 is 1.94 bits per heavy atom. The van der Waals surface area contributed by atoms with E-state index in [9.17, 15) is 17.2 Å². The molecule has 7 heteroatoms. The molecule has 0 aliphatic carbocycles. The molecular weight excluding hydrogens is 262 g/mol. The number of alkyl halides is 2. The summed E-state index contributed by atoms with van der Waals surface area (Å²) in [5.41, 5.74) is 0.505. The summed E-state index contributed by atoms with van der Waals surface area (Å²) in [7, 11) is -3.65. The fourth-order valence-corrected chi connectivity index (χ4v) is 3.39. The fourth-order valence-electron chi connectivity index (χ4n) is 2.16. The Morgan fingerprint density at radius 1 is 1.28 bits per heavy atom. The molecule has 0 aromatic heterocycles. The average Bonchev–Trinajstić information content (AvgIpc) is 2.50. The van der Waals surface area contributed by atoms with Crippen LogP contribution in [0, 0.1) is 5.92 Å². The van der Waals surface area contributed by atoms with Gasteiger partial charge in [0.05, 0.1) is 5.92 Å². The number of rotatable bonds is 1. The summed E-state index contributed by atoms with van der Waals surface area (Å²) in [5.74, 6) is -0.398. The summed E-state index contributed by atoms with van der Waals surface area (Å²) >= 11 is 0. The normalized spacial score (nSPS) is 21.7. The SMILES string of the molecule is O=S1(=O)N=C(N2CC(C(F)F)C2)c2ccccc21. The standard InChI is InChI=1S/C11H10F2N2O2S/c12-10(13)7-5-15(6-7)11-8-3-1-2-4-9(8)18(16,17)14-11/h1-4,7,10H,5-6H2. The predicted octanol–water partition coefficient (Wildman–Crippen LogP) is 1.33. The zero-order valence-electron chi connectivity index (χ0n) is 9.25. The van der Waals surface area contributed by atoms with Gasteiger partial charge in [-0.2, -0.15) is 8.42 Å². The topological polar surface area (TPSA) is 49.7 Å². The van der Waals surface area contributed by atoms with Crippen molar-refractivity contribution in [2.75, 3.05) is 13.1 Å². The minimum Gasteiger partial charge on any atom is -0.354 e. The Morgan fingerprint density at radius 3 is 2.61 bits per heavy atom. The lowest BCUT2D eigenvalue weighted by Gasteiger charge is -2.40. The third-order valence-corrected chi connectivity index (χ3v) is 4.50. The molecule has 0 N–H and O–H groups in total. The van der Waals surface area contributed by atoms with Gasteiger partial charge in [0, 0.05) is 18.7 Å². The molecule has 0 unspecified atom stereocenters. The smallest absolute Gasteiger partial charge is 0.285 e. The molecule has 1 fully saturated rings. The van der Waals surface area contributed by atoms with Crippen LogP contribution >= 0.6 is 0 Å². The van der Waals surface area contributed by atoms with E-state index in [0.29, 0.717) is 11.4 Å². The van der Waals surface area contributed by atoms with Crippen molar-refractivity contribution in [3.8, 4) is 0 Å². The van der Waals surface area contributed by atoms with Crippen LogP contribution in [-0.2, 0) is 10.0 Å². The molecule has 1 aromatic carbocycles. The first-order valence-corrected chi connectivity index (χ1v) is 6.90. The predicted molar refractivity (Wildman–Crippen MR) is 61.2 cm³/mol.